The van der Waals surface area contributed by atoms with Gasteiger partial charge in [0.25, 0.3) is 11.8 Å². The Morgan fingerprint density at radius 1 is 1.03 bits per heavy atom. The van der Waals surface area contributed by atoms with Crippen molar-refractivity contribution in [3.63, 3.8) is 0 Å². The molecule has 0 spiro atoms. The summed E-state index contributed by atoms with van der Waals surface area (Å²) in [5.41, 5.74) is 2.10. The van der Waals surface area contributed by atoms with Gasteiger partial charge in [-0.15, -0.1) is 0 Å². The lowest BCUT2D eigenvalue weighted by atomic mass is 10.00. The average molecular weight is 517 g/mol. The zero-order chi connectivity index (χ0) is 24.5. The van der Waals surface area contributed by atoms with Crippen molar-refractivity contribution in [2.45, 2.75) is 29.6 Å². The molecule has 3 aromatic carbocycles. The quantitative estimate of drug-likeness (QED) is 0.283. The van der Waals surface area contributed by atoms with Crippen LogP contribution in [-0.2, 0) is 5.92 Å². The summed E-state index contributed by atoms with van der Waals surface area (Å²) < 4.78 is 30.0. The van der Waals surface area contributed by atoms with Gasteiger partial charge in [-0.2, -0.15) is 8.78 Å². The predicted octanol–water partition coefficient (Wildman–Crippen LogP) is 7.83. The number of alkyl halides is 2. The molecule has 1 N–H and O–H groups in total. The Labute approximate surface area is 210 Å². The van der Waals surface area contributed by atoms with Crippen LogP contribution in [0, 0.1) is 13.8 Å². The number of rotatable bonds is 6. The third kappa shape index (κ3) is 5.19. The van der Waals surface area contributed by atoms with Crippen molar-refractivity contribution in [2.75, 3.05) is 6.54 Å². The van der Waals surface area contributed by atoms with Gasteiger partial charge in [0.1, 0.15) is 0 Å². The molecule has 1 amide bonds. The fourth-order valence-electron chi connectivity index (χ4n) is 3.71. The van der Waals surface area contributed by atoms with E-state index >= 15 is 8.78 Å². The van der Waals surface area contributed by atoms with Crippen molar-refractivity contribution in [3.05, 3.63) is 99.2 Å². The number of hydrogen-bond acceptors (Lipinski definition) is 3. The number of hydrogen-bond donors (Lipinski definition) is 1. The molecule has 8 heteroatoms. The fourth-order valence-corrected chi connectivity index (χ4v) is 5.17. The molecule has 0 radical (unpaired) electrons. The van der Waals surface area contributed by atoms with Crippen molar-refractivity contribution in [1.82, 2.24) is 10.3 Å². The lowest BCUT2D eigenvalue weighted by Crippen LogP contribution is -2.35. The Bertz CT molecular complexity index is 1390. The third-order valence-corrected chi connectivity index (χ3v) is 7.09. The summed E-state index contributed by atoms with van der Waals surface area (Å²) in [5, 5.41) is 3.90. The minimum atomic E-state index is -3.23. The normalized spacial score (nSPS) is 11.6. The van der Waals surface area contributed by atoms with Gasteiger partial charge < -0.3 is 5.32 Å². The van der Waals surface area contributed by atoms with Crippen LogP contribution in [0.1, 0.15) is 27.0 Å². The number of amides is 1. The van der Waals surface area contributed by atoms with Crippen LogP contribution in [0.25, 0.3) is 10.9 Å². The summed E-state index contributed by atoms with van der Waals surface area (Å²) in [6, 6.07) is 16.8. The minimum absolute atomic E-state index is 0.111. The monoisotopic (exact) mass is 516 g/mol. The first kappa shape index (κ1) is 24.5. The van der Waals surface area contributed by atoms with Crippen molar-refractivity contribution in [1.29, 1.82) is 0 Å². The van der Waals surface area contributed by atoms with E-state index in [2.05, 4.69) is 10.3 Å². The smallest absolute Gasteiger partial charge is 0.290 e. The fraction of sp³-hybridized carbons (Fsp3) is 0.154. The average Bonchev–Trinajstić information content (AvgIpc) is 2.79. The van der Waals surface area contributed by atoms with Crippen LogP contribution in [0.3, 0.4) is 0 Å². The van der Waals surface area contributed by atoms with Crippen LogP contribution in [0.5, 0.6) is 0 Å². The van der Waals surface area contributed by atoms with E-state index in [9.17, 15) is 4.79 Å². The summed E-state index contributed by atoms with van der Waals surface area (Å²) in [4.78, 5) is 18.9. The van der Waals surface area contributed by atoms with E-state index in [4.69, 9.17) is 23.2 Å². The highest BCUT2D eigenvalue weighted by Gasteiger charge is 2.34. The molecule has 0 unspecified atom stereocenters. The van der Waals surface area contributed by atoms with Crippen LogP contribution >= 0.6 is 35.0 Å². The first-order valence-corrected chi connectivity index (χ1v) is 12.0. The number of fused-ring (bicyclic) bond motifs is 1. The standard InChI is InChI=1S/C26H20Cl2F2N2OS/c1-15-7-9-19(16(2)11-15)26(29,30)14-32-25(33)24-18-5-3-4-6-21(18)31-13-23(24)34-22-10-8-17(27)12-20(22)28/h3-13H,14H2,1-2H3,(H,32,33). The summed E-state index contributed by atoms with van der Waals surface area (Å²) >= 11 is 13.5. The second-order valence-electron chi connectivity index (χ2n) is 7.90. The number of benzene rings is 3. The van der Waals surface area contributed by atoms with E-state index in [1.165, 1.54) is 17.8 Å². The second-order valence-corrected chi connectivity index (χ2v) is 9.82. The maximum absolute atomic E-state index is 15.0. The third-order valence-electron chi connectivity index (χ3n) is 5.33. The van der Waals surface area contributed by atoms with Gasteiger partial charge in [0.2, 0.25) is 0 Å². The van der Waals surface area contributed by atoms with Gasteiger partial charge in [0, 0.05) is 32.0 Å². The minimum Gasteiger partial charge on any atom is -0.346 e. The van der Waals surface area contributed by atoms with Gasteiger partial charge >= 0.3 is 0 Å². The van der Waals surface area contributed by atoms with Gasteiger partial charge in [-0.05, 0) is 43.7 Å². The summed E-state index contributed by atoms with van der Waals surface area (Å²) in [7, 11) is 0. The Morgan fingerprint density at radius 3 is 2.53 bits per heavy atom. The maximum atomic E-state index is 15.0. The van der Waals surface area contributed by atoms with E-state index in [-0.39, 0.29) is 11.1 Å². The van der Waals surface area contributed by atoms with Gasteiger partial charge in [-0.25, -0.2) is 0 Å². The van der Waals surface area contributed by atoms with Crippen molar-refractivity contribution >= 4 is 51.8 Å². The lowest BCUT2D eigenvalue weighted by Gasteiger charge is -2.20. The van der Waals surface area contributed by atoms with Crippen LogP contribution in [0.2, 0.25) is 10.0 Å². The topological polar surface area (TPSA) is 42.0 Å². The van der Waals surface area contributed by atoms with Crippen molar-refractivity contribution in [2.24, 2.45) is 0 Å². The van der Waals surface area contributed by atoms with E-state index in [1.54, 1.807) is 67.7 Å². The van der Waals surface area contributed by atoms with Crippen LogP contribution in [-0.4, -0.2) is 17.4 Å². The summed E-state index contributed by atoms with van der Waals surface area (Å²) in [6.45, 7) is 2.65. The highest BCUT2D eigenvalue weighted by Crippen LogP contribution is 2.38. The highest BCUT2D eigenvalue weighted by atomic mass is 35.5. The first-order valence-electron chi connectivity index (χ1n) is 10.4. The van der Waals surface area contributed by atoms with E-state index in [1.807, 2.05) is 6.92 Å². The van der Waals surface area contributed by atoms with Gasteiger partial charge in [-0.1, -0.05) is 76.9 Å². The molecule has 0 aliphatic heterocycles. The zero-order valence-corrected chi connectivity index (χ0v) is 20.7. The molecule has 0 saturated heterocycles. The largest absolute Gasteiger partial charge is 0.346 e. The van der Waals surface area contributed by atoms with E-state index in [0.717, 1.165) is 5.56 Å². The number of carbonyl (C=O) groups excluding carboxylic acids is 1. The molecular weight excluding hydrogens is 497 g/mol. The predicted molar refractivity (Wildman–Crippen MR) is 134 cm³/mol. The number of halogens is 4. The molecule has 0 fully saturated rings. The molecule has 0 aliphatic rings. The molecule has 1 aromatic heterocycles. The van der Waals surface area contributed by atoms with Gasteiger partial charge in [0.15, 0.2) is 0 Å². The van der Waals surface area contributed by atoms with Crippen molar-refractivity contribution in [3.8, 4) is 0 Å². The number of nitrogens with zero attached hydrogens (tertiary/aromatic N) is 1. The number of carbonyl (C=O) groups is 1. The van der Waals surface area contributed by atoms with Crippen LogP contribution in [0.15, 0.2) is 76.7 Å². The molecule has 0 atom stereocenters. The number of para-hydroxylation sites is 1. The number of aryl methyl sites for hydroxylation is 2. The molecule has 0 aliphatic carbocycles. The van der Waals surface area contributed by atoms with Gasteiger partial charge in [-0.3, -0.25) is 9.78 Å². The van der Waals surface area contributed by atoms with E-state index < -0.39 is 18.4 Å². The number of aromatic nitrogens is 1. The second kappa shape index (κ2) is 9.90. The molecule has 174 valence electrons. The Morgan fingerprint density at radius 2 is 1.79 bits per heavy atom. The SMILES string of the molecule is Cc1ccc(C(F)(F)CNC(=O)c2c(Sc3ccc(Cl)cc3Cl)cnc3ccccc23)c(C)c1. The Kier molecular flexibility index (Phi) is 7.12. The maximum Gasteiger partial charge on any atom is 0.290 e. The molecule has 0 bridgehead atoms. The summed E-state index contributed by atoms with van der Waals surface area (Å²) in [5.74, 6) is -3.85. The molecule has 4 rings (SSSR count). The lowest BCUT2D eigenvalue weighted by molar-refractivity contribution is -0.00308. The molecule has 34 heavy (non-hydrogen) atoms. The van der Waals surface area contributed by atoms with Gasteiger partial charge in [0.05, 0.1) is 22.6 Å². The Hall–Kier alpha value is -2.67. The van der Waals surface area contributed by atoms with Crippen molar-refractivity contribution < 1.29 is 13.6 Å². The van der Waals surface area contributed by atoms with E-state index in [0.29, 0.717) is 36.3 Å². The summed E-state index contributed by atoms with van der Waals surface area (Å²) in [6.07, 6.45) is 1.55. The molecule has 1 heterocycles. The zero-order valence-electron chi connectivity index (χ0n) is 18.3. The Balaban J connectivity index is 1.67. The highest BCUT2D eigenvalue weighted by molar-refractivity contribution is 7.99. The molecular formula is C26H20Cl2F2N2OS. The molecule has 0 saturated carbocycles. The van der Waals surface area contributed by atoms with Crippen LogP contribution < -0.4 is 5.32 Å². The molecule has 4 aromatic rings. The number of nitrogens with one attached hydrogen (secondary N) is 1. The van der Waals surface area contributed by atoms with Crippen LogP contribution in [0.4, 0.5) is 8.78 Å². The number of pyridine rings is 1. The molecule has 3 nitrogen and oxygen atoms in total. The first-order chi connectivity index (χ1) is 16.2.